The highest BCUT2D eigenvalue weighted by Crippen LogP contribution is 2.46. The minimum Gasteiger partial charge on any atom is -0.479 e. The van der Waals surface area contributed by atoms with Crippen molar-refractivity contribution >= 4 is 27.8 Å². The number of ether oxygens (including phenoxy) is 2. The van der Waals surface area contributed by atoms with E-state index in [-0.39, 0.29) is 30.5 Å². The summed E-state index contributed by atoms with van der Waals surface area (Å²) in [6.07, 6.45) is 0.598. The third-order valence-electron chi connectivity index (χ3n) is 6.63. The molecule has 0 radical (unpaired) electrons. The van der Waals surface area contributed by atoms with Gasteiger partial charge in [-0.2, -0.15) is 5.10 Å². The molecule has 1 aliphatic heterocycles. The molecule has 0 spiro atoms. The Kier molecular flexibility index (Phi) is 5.60. The number of benzene rings is 2. The van der Waals surface area contributed by atoms with Crippen LogP contribution in [0.25, 0.3) is 27.5 Å². The average molecular weight is 487 g/mol. The van der Waals surface area contributed by atoms with Crippen LogP contribution in [0, 0.1) is 17.5 Å². The number of carbonyl (C=O) groups is 1. The van der Waals surface area contributed by atoms with E-state index < -0.39 is 40.9 Å². The van der Waals surface area contributed by atoms with E-state index in [0.717, 1.165) is 12.1 Å². The Morgan fingerprint density at radius 3 is 2.71 bits per heavy atom. The Balaban J connectivity index is 1.92. The molecule has 1 aliphatic rings. The summed E-state index contributed by atoms with van der Waals surface area (Å²) >= 11 is 0. The monoisotopic (exact) mass is 487 g/mol. The van der Waals surface area contributed by atoms with Gasteiger partial charge in [-0.1, -0.05) is 13.8 Å². The van der Waals surface area contributed by atoms with Crippen LogP contribution in [0.1, 0.15) is 37.4 Å². The summed E-state index contributed by atoms with van der Waals surface area (Å²) in [4.78, 5) is 11.6. The number of fused-ring (bicyclic) bond motifs is 2. The Morgan fingerprint density at radius 2 is 2.06 bits per heavy atom. The highest BCUT2D eigenvalue weighted by Gasteiger charge is 2.40. The SMILES string of the molecule is COCC(C)(C)c1c(C2COC(C(=O)O)C2)c2c(F)c3[nH]ncc3cc2n1-c1ccc(F)c(F)c1. The van der Waals surface area contributed by atoms with E-state index in [4.69, 9.17) is 9.47 Å². The molecular formula is C25H24F3N3O4. The standard InChI is InChI=1S/C25H24F3N3O4/c1-25(2,11-34-3)23-19(13-7-18(24(32)33)35-10-13)20-17(6-12-9-29-30-22(12)21(20)28)31(23)14-4-5-15(26)16(27)8-14/h4-6,8-9,13,18H,7,10-11H2,1-3H3,(H,29,30)(H,32,33). The van der Waals surface area contributed by atoms with Gasteiger partial charge < -0.3 is 19.1 Å². The molecule has 5 rings (SSSR count). The van der Waals surface area contributed by atoms with Crippen molar-refractivity contribution in [1.29, 1.82) is 0 Å². The molecule has 1 fully saturated rings. The summed E-state index contributed by atoms with van der Waals surface area (Å²) in [7, 11) is 1.54. The van der Waals surface area contributed by atoms with Crippen LogP contribution in [0.3, 0.4) is 0 Å². The number of aliphatic carboxylic acids is 1. The highest BCUT2D eigenvalue weighted by atomic mass is 19.2. The van der Waals surface area contributed by atoms with Gasteiger partial charge in [0.2, 0.25) is 0 Å². The van der Waals surface area contributed by atoms with E-state index in [1.807, 2.05) is 13.8 Å². The zero-order chi connectivity index (χ0) is 25.1. The molecule has 7 nitrogen and oxygen atoms in total. The third-order valence-corrected chi connectivity index (χ3v) is 6.63. The molecule has 2 N–H and O–H groups in total. The number of H-pyrrole nitrogens is 1. The minimum atomic E-state index is -1.09. The van der Waals surface area contributed by atoms with Crippen LogP contribution < -0.4 is 0 Å². The number of halogens is 3. The second kappa shape index (κ2) is 8.39. The van der Waals surface area contributed by atoms with E-state index in [1.165, 1.54) is 12.3 Å². The number of nitrogens with zero attached hydrogens (tertiary/aromatic N) is 2. The minimum absolute atomic E-state index is 0.0738. The Labute approximate surface area is 198 Å². The quantitative estimate of drug-likeness (QED) is 0.408. The van der Waals surface area contributed by atoms with Crippen LogP contribution in [0.15, 0.2) is 30.5 Å². The number of nitrogens with one attached hydrogen (secondary N) is 1. The predicted molar refractivity (Wildman–Crippen MR) is 122 cm³/mol. The number of aromatic amines is 1. The van der Waals surface area contributed by atoms with Gasteiger partial charge in [0.1, 0.15) is 5.52 Å². The van der Waals surface area contributed by atoms with Crippen molar-refractivity contribution in [2.45, 2.75) is 37.7 Å². The normalized spacial score (nSPS) is 18.7. The summed E-state index contributed by atoms with van der Waals surface area (Å²) in [6, 6.07) is 5.25. The fraction of sp³-hybridized carbons (Fsp3) is 0.360. The molecule has 0 aliphatic carbocycles. The fourth-order valence-corrected chi connectivity index (χ4v) is 5.22. The third kappa shape index (κ3) is 3.68. The van der Waals surface area contributed by atoms with Gasteiger partial charge in [0.15, 0.2) is 23.6 Å². The van der Waals surface area contributed by atoms with E-state index in [0.29, 0.717) is 27.8 Å². The first-order valence-corrected chi connectivity index (χ1v) is 11.1. The lowest BCUT2D eigenvalue weighted by Gasteiger charge is -2.29. The lowest BCUT2D eigenvalue weighted by Crippen LogP contribution is -2.29. The van der Waals surface area contributed by atoms with Crippen LogP contribution in [0.2, 0.25) is 0 Å². The van der Waals surface area contributed by atoms with E-state index in [9.17, 15) is 18.7 Å². The van der Waals surface area contributed by atoms with Gasteiger partial charge in [-0.15, -0.1) is 0 Å². The molecule has 1 saturated heterocycles. The fourth-order valence-electron chi connectivity index (χ4n) is 5.22. The van der Waals surface area contributed by atoms with Gasteiger partial charge in [0, 0.05) is 46.7 Å². The van der Waals surface area contributed by atoms with Crippen molar-refractivity contribution in [1.82, 2.24) is 14.8 Å². The van der Waals surface area contributed by atoms with E-state index >= 15 is 4.39 Å². The van der Waals surface area contributed by atoms with Crippen molar-refractivity contribution in [3.63, 3.8) is 0 Å². The molecule has 35 heavy (non-hydrogen) atoms. The summed E-state index contributed by atoms with van der Waals surface area (Å²) in [6.45, 7) is 4.11. The maximum absolute atomic E-state index is 16.1. The number of hydrogen-bond acceptors (Lipinski definition) is 4. The summed E-state index contributed by atoms with van der Waals surface area (Å²) < 4.78 is 57.0. The number of aromatic nitrogens is 3. The van der Waals surface area contributed by atoms with Gasteiger partial charge in [-0.3, -0.25) is 5.10 Å². The maximum atomic E-state index is 16.1. The van der Waals surface area contributed by atoms with Crippen molar-refractivity contribution in [3.05, 3.63) is 59.2 Å². The van der Waals surface area contributed by atoms with Crippen LogP contribution in [0.5, 0.6) is 0 Å². The molecule has 2 aromatic heterocycles. The molecule has 3 heterocycles. The molecule has 10 heteroatoms. The topological polar surface area (TPSA) is 89.4 Å². The highest BCUT2D eigenvalue weighted by molar-refractivity contribution is 6.00. The molecule has 184 valence electrons. The second-order valence-corrected chi connectivity index (χ2v) is 9.52. The second-order valence-electron chi connectivity index (χ2n) is 9.52. The zero-order valence-corrected chi connectivity index (χ0v) is 19.4. The molecule has 2 unspecified atom stereocenters. The largest absolute Gasteiger partial charge is 0.479 e. The Bertz CT molecular complexity index is 1460. The molecule has 0 amide bonds. The lowest BCUT2D eigenvalue weighted by atomic mass is 9.82. The van der Waals surface area contributed by atoms with Gasteiger partial charge in [0.25, 0.3) is 0 Å². The maximum Gasteiger partial charge on any atom is 0.332 e. The van der Waals surface area contributed by atoms with Crippen molar-refractivity contribution in [3.8, 4) is 5.69 Å². The van der Waals surface area contributed by atoms with Crippen molar-refractivity contribution < 1.29 is 32.5 Å². The average Bonchev–Trinajstić information content (AvgIpc) is 3.52. The summed E-state index contributed by atoms with van der Waals surface area (Å²) in [5.74, 6) is -4.14. The molecular weight excluding hydrogens is 463 g/mol. The number of methoxy groups -OCH3 is 1. The van der Waals surface area contributed by atoms with Crippen molar-refractivity contribution in [2.75, 3.05) is 20.3 Å². The molecule has 0 bridgehead atoms. The first-order valence-electron chi connectivity index (χ1n) is 11.1. The summed E-state index contributed by atoms with van der Waals surface area (Å²) in [5, 5.41) is 16.9. The Morgan fingerprint density at radius 1 is 1.29 bits per heavy atom. The van der Waals surface area contributed by atoms with Crippen LogP contribution in [-0.4, -0.2) is 52.3 Å². The van der Waals surface area contributed by atoms with Gasteiger partial charge in [-0.05, 0) is 30.2 Å². The van der Waals surface area contributed by atoms with E-state index in [1.54, 1.807) is 17.7 Å². The number of hydrogen-bond donors (Lipinski definition) is 2. The number of rotatable bonds is 6. The molecule has 0 saturated carbocycles. The zero-order valence-electron chi connectivity index (χ0n) is 19.4. The number of carboxylic acid groups (broad SMARTS) is 1. The van der Waals surface area contributed by atoms with Gasteiger partial charge in [0.05, 0.1) is 24.9 Å². The molecule has 4 aromatic rings. The van der Waals surface area contributed by atoms with Crippen LogP contribution >= 0.6 is 0 Å². The van der Waals surface area contributed by atoms with Gasteiger partial charge >= 0.3 is 5.97 Å². The lowest BCUT2D eigenvalue weighted by molar-refractivity contribution is -0.147. The van der Waals surface area contributed by atoms with Gasteiger partial charge in [-0.25, -0.2) is 18.0 Å². The van der Waals surface area contributed by atoms with Crippen molar-refractivity contribution in [2.24, 2.45) is 0 Å². The first-order chi connectivity index (χ1) is 16.6. The molecule has 2 atom stereocenters. The smallest absolute Gasteiger partial charge is 0.332 e. The first kappa shape index (κ1) is 23.4. The Hall–Kier alpha value is -3.37. The molecule has 2 aromatic carbocycles. The van der Waals surface area contributed by atoms with E-state index in [2.05, 4.69) is 10.2 Å². The van der Waals surface area contributed by atoms with Crippen LogP contribution in [0.4, 0.5) is 13.2 Å². The van der Waals surface area contributed by atoms with Crippen LogP contribution in [-0.2, 0) is 19.7 Å². The summed E-state index contributed by atoms with van der Waals surface area (Å²) in [5.41, 5.74) is 1.37. The predicted octanol–water partition coefficient (Wildman–Crippen LogP) is 4.81. The number of carboxylic acids is 1.